The maximum Gasteiger partial charge on any atom is 0.430 e. The molecule has 0 saturated heterocycles. The van der Waals surface area contributed by atoms with Crippen LogP contribution in [0.5, 0.6) is 0 Å². The zero-order chi connectivity index (χ0) is 17.9. The topological polar surface area (TPSA) is 62.8 Å². The Labute approximate surface area is 142 Å². The number of nitrogens with one attached hydrogen (secondary N) is 1. The van der Waals surface area contributed by atoms with Gasteiger partial charge in [-0.1, -0.05) is 13.8 Å². The number of pyridine rings is 1. The van der Waals surface area contributed by atoms with Gasteiger partial charge in [-0.15, -0.1) is 0 Å². The highest BCUT2D eigenvalue weighted by molar-refractivity contribution is 7.08. The van der Waals surface area contributed by atoms with Crippen molar-refractivity contribution in [2.75, 3.05) is 0 Å². The lowest BCUT2D eigenvalue weighted by atomic mass is 9.97. The summed E-state index contributed by atoms with van der Waals surface area (Å²) in [5.74, 6) is 0.493. The first-order valence-electron chi connectivity index (χ1n) is 7.33. The molecule has 2 rings (SSSR count). The number of thiophene rings is 1. The molecule has 128 valence electrons. The molecule has 7 heteroatoms. The van der Waals surface area contributed by atoms with Gasteiger partial charge in [0.15, 0.2) is 0 Å². The molecule has 0 saturated carbocycles. The molecule has 2 heterocycles. The molecule has 0 spiro atoms. The van der Waals surface area contributed by atoms with Crippen LogP contribution in [0.15, 0.2) is 40.9 Å². The summed E-state index contributed by atoms with van der Waals surface area (Å²) in [5.41, 5.74) is 6.49. The zero-order valence-electron chi connectivity index (χ0n) is 13.3. The SMILES string of the molecule is CC(C)Cc1cscc1-c1ccnc(C(=N)C=C(N)C(F)(F)F)c1. The fraction of sp³-hybridized carbons (Fsp3) is 0.294. The standard InChI is InChI=1S/C17H18F3N3S/c1-10(2)5-12-8-24-9-13(12)11-3-4-23-15(6-11)14(21)7-16(22)17(18,19)20/h3-4,6-10,21H,5,22H2,1-2H3. The molecule has 3 N–H and O–H groups in total. The number of aromatic nitrogens is 1. The third kappa shape index (κ3) is 4.44. The van der Waals surface area contributed by atoms with E-state index in [-0.39, 0.29) is 11.4 Å². The Hall–Kier alpha value is -2.15. The van der Waals surface area contributed by atoms with Crippen LogP contribution < -0.4 is 5.73 Å². The van der Waals surface area contributed by atoms with E-state index in [4.69, 9.17) is 11.1 Å². The van der Waals surface area contributed by atoms with Crippen LogP contribution >= 0.6 is 11.3 Å². The van der Waals surface area contributed by atoms with E-state index in [1.165, 1.54) is 11.8 Å². The van der Waals surface area contributed by atoms with Crippen molar-refractivity contribution in [3.05, 3.63) is 52.1 Å². The summed E-state index contributed by atoms with van der Waals surface area (Å²) in [6.45, 7) is 4.25. The van der Waals surface area contributed by atoms with Crippen molar-refractivity contribution < 1.29 is 13.2 Å². The lowest BCUT2D eigenvalue weighted by molar-refractivity contribution is -0.0925. The second-order valence-electron chi connectivity index (χ2n) is 5.85. The van der Waals surface area contributed by atoms with E-state index in [0.717, 1.165) is 17.5 Å². The summed E-state index contributed by atoms with van der Waals surface area (Å²) in [6.07, 6.45) is -1.65. The van der Waals surface area contributed by atoms with E-state index in [9.17, 15) is 13.2 Å². The average molecular weight is 353 g/mol. The highest BCUT2D eigenvalue weighted by atomic mass is 32.1. The Morgan fingerprint density at radius 3 is 2.71 bits per heavy atom. The number of hydrogen-bond donors (Lipinski definition) is 2. The van der Waals surface area contributed by atoms with Crippen molar-refractivity contribution in [3.63, 3.8) is 0 Å². The quantitative estimate of drug-likeness (QED) is 0.760. The Balaban J connectivity index is 2.33. The zero-order valence-corrected chi connectivity index (χ0v) is 14.1. The summed E-state index contributed by atoms with van der Waals surface area (Å²) in [4.78, 5) is 3.99. The van der Waals surface area contributed by atoms with Gasteiger partial charge >= 0.3 is 6.18 Å². The monoisotopic (exact) mass is 353 g/mol. The molecule has 0 aliphatic heterocycles. The van der Waals surface area contributed by atoms with Gasteiger partial charge in [-0.3, -0.25) is 10.4 Å². The molecule has 24 heavy (non-hydrogen) atoms. The number of nitrogens with two attached hydrogens (primary N) is 1. The van der Waals surface area contributed by atoms with Crippen LogP contribution in [0.25, 0.3) is 11.1 Å². The van der Waals surface area contributed by atoms with Gasteiger partial charge in [-0.25, -0.2) is 0 Å². The Morgan fingerprint density at radius 2 is 2.08 bits per heavy atom. The molecule has 0 aliphatic carbocycles. The maximum atomic E-state index is 12.5. The van der Waals surface area contributed by atoms with Crippen molar-refractivity contribution in [2.24, 2.45) is 11.7 Å². The molecule has 0 aromatic carbocycles. The van der Waals surface area contributed by atoms with Crippen LogP contribution in [-0.4, -0.2) is 16.9 Å². The maximum absolute atomic E-state index is 12.5. The Kier molecular flexibility index (Phi) is 5.43. The molecule has 0 bridgehead atoms. The van der Waals surface area contributed by atoms with E-state index in [1.54, 1.807) is 23.5 Å². The van der Waals surface area contributed by atoms with E-state index >= 15 is 0 Å². The summed E-state index contributed by atoms with van der Waals surface area (Å²) < 4.78 is 37.5. The van der Waals surface area contributed by atoms with E-state index in [0.29, 0.717) is 12.0 Å². The minimum Gasteiger partial charge on any atom is -0.395 e. The van der Waals surface area contributed by atoms with Gasteiger partial charge in [-0.05, 0) is 58.0 Å². The number of allylic oxidation sites excluding steroid dienone is 2. The minimum absolute atomic E-state index is 0.154. The Bertz CT molecular complexity index is 760. The third-order valence-electron chi connectivity index (χ3n) is 3.34. The normalized spacial score (nSPS) is 12.7. The van der Waals surface area contributed by atoms with Gasteiger partial charge < -0.3 is 5.73 Å². The first-order chi connectivity index (χ1) is 11.2. The van der Waals surface area contributed by atoms with Gasteiger partial charge in [-0.2, -0.15) is 24.5 Å². The van der Waals surface area contributed by atoms with Crippen molar-refractivity contribution in [3.8, 4) is 11.1 Å². The molecule has 0 atom stereocenters. The Morgan fingerprint density at radius 1 is 1.38 bits per heavy atom. The van der Waals surface area contributed by atoms with Gasteiger partial charge in [0.05, 0.1) is 11.4 Å². The number of alkyl halides is 3. The fourth-order valence-corrected chi connectivity index (χ4v) is 3.11. The minimum atomic E-state index is -4.65. The lowest BCUT2D eigenvalue weighted by Gasteiger charge is -2.09. The smallest absolute Gasteiger partial charge is 0.395 e. The number of nitrogens with zero attached hydrogens (tertiary/aromatic N) is 1. The largest absolute Gasteiger partial charge is 0.430 e. The van der Waals surface area contributed by atoms with Crippen molar-refractivity contribution in [1.82, 2.24) is 4.98 Å². The second kappa shape index (κ2) is 7.17. The van der Waals surface area contributed by atoms with Crippen molar-refractivity contribution in [2.45, 2.75) is 26.4 Å². The molecule has 0 amide bonds. The summed E-state index contributed by atoms with van der Waals surface area (Å²) in [5, 5.41) is 11.9. The summed E-state index contributed by atoms with van der Waals surface area (Å²) in [7, 11) is 0. The lowest BCUT2D eigenvalue weighted by Crippen LogP contribution is -2.20. The molecule has 2 aromatic heterocycles. The molecule has 2 aromatic rings. The third-order valence-corrected chi connectivity index (χ3v) is 4.14. The fourth-order valence-electron chi connectivity index (χ4n) is 2.23. The van der Waals surface area contributed by atoms with Crippen LogP contribution in [-0.2, 0) is 6.42 Å². The van der Waals surface area contributed by atoms with Crippen LogP contribution in [0.4, 0.5) is 13.2 Å². The van der Waals surface area contributed by atoms with E-state index in [2.05, 4.69) is 24.2 Å². The van der Waals surface area contributed by atoms with E-state index < -0.39 is 11.9 Å². The molecular weight excluding hydrogens is 335 g/mol. The molecule has 3 nitrogen and oxygen atoms in total. The number of halogens is 3. The first kappa shape index (κ1) is 18.2. The van der Waals surface area contributed by atoms with E-state index in [1.807, 2.05) is 5.38 Å². The van der Waals surface area contributed by atoms with Gasteiger partial charge in [0.25, 0.3) is 0 Å². The van der Waals surface area contributed by atoms with Crippen LogP contribution in [0.1, 0.15) is 25.1 Å². The number of rotatable bonds is 5. The van der Waals surface area contributed by atoms with Gasteiger partial charge in [0.2, 0.25) is 0 Å². The van der Waals surface area contributed by atoms with Crippen LogP contribution in [0.2, 0.25) is 0 Å². The molecular formula is C17H18F3N3S. The van der Waals surface area contributed by atoms with Gasteiger partial charge in [0, 0.05) is 6.20 Å². The predicted octanol–water partition coefficient (Wildman–Crippen LogP) is 4.78. The first-order valence-corrected chi connectivity index (χ1v) is 8.27. The molecule has 0 fully saturated rings. The summed E-state index contributed by atoms with van der Waals surface area (Å²) in [6, 6.07) is 3.41. The molecule has 0 radical (unpaired) electrons. The highest BCUT2D eigenvalue weighted by Gasteiger charge is 2.31. The van der Waals surface area contributed by atoms with Crippen LogP contribution in [0, 0.1) is 11.3 Å². The van der Waals surface area contributed by atoms with Crippen molar-refractivity contribution >= 4 is 17.0 Å². The van der Waals surface area contributed by atoms with Crippen LogP contribution in [0.3, 0.4) is 0 Å². The average Bonchev–Trinajstić information content (AvgIpc) is 2.93. The highest BCUT2D eigenvalue weighted by Crippen LogP contribution is 2.30. The predicted molar refractivity (Wildman–Crippen MR) is 91.2 cm³/mol. The summed E-state index contributed by atoms with van der Waals surface area (Å²) >= 11 is 1.58. The molecule has 0 unspecified atom stereocenters. The van der Waals surface area contributed by atoms with Gasteiger partial charge in [0.1, 0.15) is 5.70 Å². The van der Waals surface area contributed by atoms with Crippen molar-refractivity contribution in [1.29, 1.82) is 5.41 Å². The molecule has 0 aliphatic rings. The second-order valence-corrected chi connectivity index (χ2v) is 6.59. The number of hydrogen-bond acceptors (Lipinski definition) is 4.